The Morgan fingerprint density at radius 3 is 2.29 bits per heavy atom. The molecule has 1 atom stereocenters. The molecule has 1 aliphatic rings. The van der Waals surface area contributed by atoms with Crippen molar-refractivity contribution in [3.05, 3.63) is 0 Å². The molecular formula is C12H26N2. The highest BCUT2D eigenvalue weighted by atomic mass is 15.1. The molecule has 2 heteroatoms. The molecule has 1 saturated carbocycles. The van der Waals surface area contributed by atoms with Gasteiger partial charge in [-0.15, -0.1) is 0 Å². The molecule has 1 rings (SSSR count). The maximum Gasteiger partial charge on any atom is 0.0573 e. The zero-order valence-corrected chi connectivity index (χ0v) is 9.97. The smallest absolute Gasteiger partial charge is 0.0573 e. The molecule has 2 nitrogen and oxygen atoms in total. The van der Waals surface area contributed by atoms with Gasteiger partial charge in [-0.3, -0.25) is 10.6 Å². The highest BCUT2D eigenvalue weighted by molar-refractivity contribution is 4.76. The summed E-state index contributed by atoms with van der Waals surface area (Å²) in [6.07, 6.45) is 8.69. The van der Waals surface area contributed by atoms with Gasteiger partial charge in [-0.25, -0.2) is 0 Å². The van der Waals surface area contributed by atoms with Gasteiger partial charge in [-0.1, -0.05) is 26.2 Å². The lowest BCUT2D eigenvalue weighted by atomic mass is 9.95. The Kier molecular flexibility index (Phi) is 5.49. The lowest BCUT2D eigenvalue weighted by Crippen LogP contribution is -2.49. The summed E-state index contributed by atoms with van der Waals surface area (Å²) in [7, 11) is 0. The van der Waals surface area contributed by atoms with Crippen molar-refractivity contribution in [3.8, 4) is 0 Å². The van der Waals surface area contributed by atoms with E-state index in [4.69, 9.17) is 0 Å². The molecule has 0 aliphatic heterocycles. The Hall–Kier alpha value is -0.0800. The van der Waals surface area contributed by atoms with Gasteiger partial charge in [0.2, 0.25) is 0 Å². The fourth-order valence-corrected chi connectivity index (χ4v) is 2.24. The van der Waals surface area contributed by atoms with Crippen LogP contribution in [0.5, 0.6) is 0 Å². The van der Waals surface area contributed by atoms with E-state index in [0.717, 1.165) is 6.04 Å². The van der Waals surface area contributed by atoms with Crippen molar-refractivity contribution in [2.24, 2.45) is 0 Å². The molecule has 84 valence electrons. The SMILES string of the molecule is CCC(NC(C)C)NC1CCCCC1. The van der Waals surface area contributed by atoms with E-state index in [0.29, 0.717) is 12.2 Å². The lowest BCUT2D eigenvalue weighted by Gasteiger charge is -2.29. The maximum atomic E-state index is 3.73. The molecule has 0 spiro atoms. The third-order valence-corrected chi connectivity index (χ3v) is 2.98. The number of nitrogens with one attached hydrogen (secondary N) is 2. The molecule has 0 bridgehead atoms. The summed E-state index contributed by atoms with van der Waals surface area (Å²) >= 11 is 0. The molecule has 0 radical (unpaired) electrons. The lowest BCUT2D eigenvalue weighted by molar-refractivity contribution is 0.291. The fraction of sp³-hybridized carbons (Fsp3) is 1.00. The normalized spacial score (nSPS) is 21.4. The topological polar surface area (TPSA) is 24.1 Å². The van der Waals surface area contributed by atoms with Gasteiger partial charge in [0, 0.05) is 12.1 Å². The summed E-state index contributed by atoms with van der Waals surface area (Å²) in [6.45, 7) is 6.67. The number of hydrogen-bond donors (Lipinski definition) is 2. The number of hydrogen-bond acceptors (Lipinski definition) is 2. The highest BCUT2D eigenvalue weighted by Gasteiger charge is 2.16. The van der Waals surface area contributed by atoms with Crippen LogP contribution in [0.15, 0.2) is 0 Å². The van der Waals surface area contributed by atoms with E-state index < -0.39 is 0 Å². The summed E-state index contributed by atoms with van der Waals surface area (Å²) in [5.41, 5.74) is 0. The number of rotatable bonds is 5. The third kappa shape index (κ3) is 4.43. The van der Waals surface area contributed by atoms with Gasteiger partial charge in [0.05, 0.1) is 6.17 Å². The van der Waals surface area contributed by atoms with Crippen LogP contribution in [0.2, 0.25) is 0 Å². The van der Waals surface area contributed by atoms with Gasteiger partial charge in [0.1, 0.15) is 0 Å². The Balaban J connectivity index is 2.23. The van der Waals surface area contributed by atoms with Crippen LogP contribution < -0.4 is 10.6 Å². The Labute approximate surface area is 88.8 Å². The molecule has 1 aliphatic carbocycles. The van der Waals surface area contributed by atoms with Gasteiger partial charge >= 0.3 is 0 Å². The summed E-state index contributed by atoms with van der Waals surface area (Å²) in [6, 6.07) is 1.34. The van der Waals surface area contributed by atoms with Crippen LogP contribution in [0.25, 0.3) is 0 Å². The standard InChI is InChI=1S/C12H26N2/c1-4-12(13-10(2)3)14-11-8-6-5-7-9-11/h10-14H,4-9H2,1-3H3. The first-order valence-corrected chi connectivity index (χ1v) is 6.24. The highest BCUT2D eigenvalue weighted by Crippen LogP contribution is 2.17. The van der Waals surface area contributed by atoms with Crippen molar-refractivity contribution in [2.45, 2.75) is 77.5 Å². The van der Waals surface area contributed by atoms with Crippen molar-refractivity contribution in [3.63, 3.8) is 0 Å². The van der Waals surface area contributed by atoms with E-state index in [9.17, 15) is 0 Å². The predicted octanol–water partition coefficient (Wildman–Crippen LogP) is 2.64. The molecule has 1 fully saturated rings. The third-order valence-electron chi connectivity index (χ3n) is 2.98. The van der Waals surface area contributed by atoms with Crippen LogP contribution in [-0.4, -0.2) is 18.2 Å². The van der Waals surface area contributed by atoms with Gasteiger partial charge < -0.3 is 0 Å². The minimum atomic E-state index is 0.512. The van der Waals surface area contributed by atoms with E-state index in [2.05, 4.69) is 31.4 Å². The predicted molar refractivity (Wildman–Crippen MR) is 62.4 cm³/mol. The molecule has 0 saturated heterocycles. The zero-order chi connectivity index (χ0) is 10.4. The van der Waals surface area contributed by atoms with E-state index in [-0.39, 0.29) is 0 Å². The maximum absolute atomic E-state index is 3.73. The van der Waals surface area contributed by atoms with E-state index in [1.54, 1.807) is 0 Å². The first-order valence-electron chi connectivity index (χ1n) is 6.24. The second-order valence-electron chi connectivity index (χ2n) is 4.78. The van der Waals surface area contributed by atoms with Gasteiger partial charge in [0.15, 0.2) is 0 Å². The second-order valence-corrected chi connectivity index (χ2v) is 4.78. The van der Waals surface area contributed by atoms with Crippen molar-refractivity contribution < 1.29 is 0 Å². The first-order chi connectivity index (χ1) is 6.72. The Morgan fingerprint density at radius 2 is 1.79 bits per heavy atom. The van der Waals surface area contributed by atoms with Crippen LogP contribution in [0.1, 0.15) is 59.3 Å². The summed E-state index contributed by atoms with van der Waals surface area (Å²) in [4.78, 5) is 0. The van der Waals surface area contributed by atoms with Crippen LogP contribution >= 0.6 is 0 Å². The second kappa shape index (κ2) is 6.41. The molecule has 0 aromatic heterocycles. The Bertz CT molecular complexity index is 139. The van der Waals surface area contributed by atoms with Gasteiger partial charge in [0.25, 0.3) is 0 Å². The molecule has 1 unspecified atom stereocenters. The van der Waals surface area contributed by atoms with Crippen LogP contribution in [-0.2, 0) is 0 Å². The van der Waals surface area contributed by atoms with E-state index >= 15 is 0 Å². The largest absolute Gasteiger partial charge is 0.300 e. The average Bonchev–Trinajstić information content (AvgIpc) is 2.17. The molecular weight excluding hydrogens is 172 g/mol. The van der Waals surface area contributed by atoms with E-state index in [1.807, 2.05) is 0 Å². The summed E-state index contributed by atoms with van der Waals surface area (Å²) in [5, 5.41) is 7.29. The zero-order valence-electron chi connectivity index (χ0n) is 9.97. The van der Waals surface area contributed by atoms with Crippen molar-refractivity contribution in [1.29, 1.82) is 0 Å². The van der Waals surface area contributed by atoms with Gasteiger partial charge in [-0.2, -0.15) is 0 Å². The minimum Gasteiger partial charge on any atom is -0.300 e. The fourth-order valence-electron chi connectivity index (χ4n) is 2.24. The molecule has 0 aromatic carbocycles. The first kappa shape index (κ1) is 12.0. The molecule has 0 amide bonds. The molecule has 14 heavy (non-hydrogen) atoms. The molecule has 0 aromatic rings. The van der Waals surface area contributed by atoms with Crippen molar-refractivity contribution >= 4 is 0 Å². The summed E-state index contributed by atoms with van der Waals surface area (Å²) < 4.78 is 0. The minimum absolute atomic E-state index is 0.512. The Morgan fingerprint density at radius 1 is 1.14 bits per heavy atom. The van der Waals surface area contributed by atoms with Crippen molar-refractivity contribution in [1.82, 2.24) is 10.6 Å². The van der Waals surface area contributed by atoms with Gasteiger partial charge in [-0.05, 0) is 33.1 Å². The van der Waals surface area contributed by atoms with Crippen LogP contribution in [0.4, 0.5) is 0 Å². The summed E-state index contributed by atoms with van der Waals surface area (Å²) in [5.74, 6) is 0. The quantitative estimate of drug-likeness (QED) is 0.664. The van der Waals surface area contributed by atoms with Crippen LogP contribution in [0.3, 0.4) is 0 Å². The molecule has 0 heterocycles. The average molecular weight is 198 g/mol. The monoisotopic (exact) mass is 198 g/mol. The van der Waals surface area contributed by atoms with Crippen molar-refractivity contribution in [2.75, 3.05) is 0 Å². The molecule has 2 N–H and O–H groups in total. The van der Waals surface area contributed by atoms with Crippen LogP contribution in [0, 0.1) is 0 Å². The van der Waals surface area contributed by atoms with E-state index in [1.165, 1.54) is 38.5 Å².